The van der Waals surface area contributed by atoms with Gasteiger partial charge >= 0.3 is 0 Å². The van der Waals surface area contributed by atoms with Crippen LogP contribution >= 0.6 is 0 Å². The van der Waals surface area contributed by atoms with Crippen LogP contribution in [-0.4, -0.2) is 19.0 Å². The quantitative estimate of drug-likeness (QED) is 0.405. The molecular weight excluding hydrogens is 116 g/mol. The van der Waals surface area contributed by atoms with Crippen LogP contribution in [0.2, 0.25) is 0 Å². The molecule has 0 saturated heterocycles. The Morgan fingerprint density at radius 1 is 1.56 bits per heavy atom. The van der Waals surface area contributed by atoms with Crippen LogP contribution < -0.4 is 0 Å². The topological polar surface area (TPSA) is 26.3 Å². The Morgan fingerprint density at radius 2 is 2.22 bits per heavy atom. The third kappa shape index (κ3) is 3.67. The van der Waals surface area contributed by atoms with Crippen LogP contribution in [0.15, 0.2) is 25.3 Å². The van der Waals surface area contributed by atoms with Crippen molar-refractivity contribution in [1.29, 1.82) is 0 Å². The molecule has 0 heterocycles. The summed E-state index contributed by atoms with van der Waals surface area (Å²) in [4.78, 5) is 10.0. The van der Waals surface area contributed by atoms with Crippen molar-refractivity contribution in [3.8, 4) is 0 Å². The molecule has 0 aliphatic heterocycles. The summed E-state index contributed by atoms with van der Waals surface area (Å²) in [6.45, 7) is 7.20. The molecule has 0 rings (SSSR count). The van der Waals surface area contributed by atoms with Gasteiger partial charge in [0.05, 0.1) is 6.61 Å². The number of hydrogen-bond acceptors (Lipinski definition) is 2. The molecule has 0 amide bonds. The Bertz CT molecular complexity index is 99.5. The monoisotopic (exact) mass is 126 g/mol. The molecule has 0 saturated carbocycles. The fourth-order valence-electron chi connectivity index (χ4n) is 0.342. The van der Waals surface area contributed by atoms with Crippen LogP contribution in [0.1, 0.15) is 0 Å². The van der Waals surface area contributed by atoms with Crippen molar-refractivity contribution < 1.29 is 9.53 Å². The Balaban J connectivity index is 3.41. The fourth-order valence-corrected chi connectivity index (χ4v) is 0.342. The van der Waals surface area contributed by atoms with E-state index in [1.807, 2.05) is 0 Å². The summed E-state index contributed by atoms with van der Waals surface area (Å²) in [6.07, 6.45) is 3.23. The average molecular weight is 126 g/mol. The second kappa shape index (κ2) is 5.25. The smallest absolute Gasteiger partial charge is 0.152 e. The van der Waals surface area contributed by atoms with Gasteiger partial charge in [-0.15, -0.1) is 13.2 Å². The van der Waals surface area contributed by atoms with Gasteiger partial charge in [-0.1, -0.05) is 12.2 Å². The van der Waals surface area contributed by atoms with E-state index < -0.39 is 6.10 Å². The van der Waals surface area contributed by atoms with Crippen molar-refractivity contribution in [3.63, 3.8) is 0 Å². The fraction of sp³-hybridized carbons (Fsp3) is 0.286. The van der Waals surface area contributed by atoms with E-state index >= 15 is 0 Å². The lowest BCUT2D eigenvalue weighted by molar-refractivity contribution is -0.114. The molecule has 0 aromatic rings. The van der Waals surface area contributed by atoms with E-state index in [0.29, 0.717) is 12.9 Å². The predicted octanol–water partition coefficient (Wildman–Crippen LogP) is 0.942. The molecule has 2 nitrogen and oxygen atoms in total. The van der Waals surface area contributed by atoms with E-state index in [1.54, 1.807) is 6.08 Å². The first kappa shape index (κ1) is 8.11. The van der Waals surface area contributed by atoms with E-state index in [4.69, 9.17) is 4.74 Å². The van der Waals surface area contributed by atoms with Gasteiger partial charge in [0.1, 0.15) is 6.10 Å². The van der Waals surface area contributed by atoms with Crippen LogP contribution in [-0.2, 0) is 9.53 Å². The van der Waals surface area contributed by atoms with E-state index in [1.165, 1.54) is 6.08 Å². The van der Waals surface area contributed by atoms with Crippen molar-refractivity contribution >= 4 is 6.29 Å². The van der Waals surface area contributed by atoms with Crippen LogP contribution in [0.25, 0.3) is 0 Å². The SMILES string of the molecule is C=CCOC(C=C)C=O. The molecule has 0 bridgehead atoms. The Hall–Kier alpha value is -0.890. The number of aldehydes is 1. The minimum absolute atomic E-state index is 0.384. The number of carbonyl (C=O) groups excluding carboxylic acids is 1. The van der Waals surface area contributed by atoms with Gasteiger partial charge in [-0.3, -0.25) is 0 Å². The van der Waals surface area contributed by atoms with Crippen molar-refractivity contribution in [1.82, 2.24) is 0 Å². The van der Waals surface area contributed by atoms with Crippen LogP contribution in [0.5, 0.6) is 0 Å². The van der Waals surface area contributed by atoms with Crippen LogP contribution in [0.4, 0.5) is 0 Å². The average Bonchev–Trinajstić information content (AvgIpc) is 1.91. The number of carbonyl (C=O) groups is 1. The molecule has 0 aromatic heterocycles. The summed E-state index contributed by atoms with van der Waals surface area (Å²) in [5.41, 5.74) is 0. The maximum Gasteiger partial charge on any atom is 0.152 e. The molecule has 50 valence electrons. The molecule has 0 spiro atoms. The zero-order chi connectivity index (χ0) is 7.11. The minimum atomic E-state index is -0.483. The standard InChI is InChI=1S/C7H10O2/c1-3-5-9-7(4-2)6-8/h3-4,6-7H,1-2,5H2. The summed E-state index contributed by atoms with van der Waals surface area (Å²) in [5, 5.41) is 0. The van der Waals surface area contributed by atoms with Crippen LogP contribution in [0, 0.1) is 0 Å². The zero-order valence-corrected chi connectivity index (χ0v) is 5.25. The third-order valence-electron chi connectivity index (χ3n) is 0.773. The Labute approximate surface area is 54.8 Å². The number of ether oxygens (including phenoxy) is 1. The largest absolute Gasteiger partial charge is 0.363 e. The molecule has 0 aliphatic carbocycles. The lowest BCUT2D eigenvalue weighted by Crippen LogP contribution is -2.10. The van der Waals surface area contributed by atoms with E-state index in [9.17, 15) is 4.79 Å². The number of hydrogen-bond donors (Lipinski definition) is 0. The summed E-state index contributed by atoms with van der Waals surface area (Å²) >= 11 is 0. The normalized spacial score (nSPS) is 12.0. The second-order valence-electron chi connectivity index (χ2n) is 1.46. The van der Waals surface area contributed by atoms with Gasteiger partial charge in [-0.25, -0.2) is 0 Å². The first-order valence-corrected chi connectivity index (χ1v) is 2.65. The van der Waals surface area contributed by atoms with Crippen LogP contribution in [0.3, 0.4) is 0 Å². The molecule has 0 N–H and O–H groups in total. The van der Waals surface area contributed by atoms with Crippen molar-refractivity contribution in [2.45, 2.75) is 6.10 Å². The lowest BCUT2D eigenvalue weighted by Gasteiger charge is -2.01. The van der Waals surface area contributed by atoms with E-state index in [2.05, 4.69) is 13.2 Å². The summed E-state index contributed by atoms with van der Waals surface area (Å²) < 4.78 is 4.89. The maximum absolute atomic E-state index is 10.0. The number of rotatable bonds is 5. The summed E-state index contributed by atoms with van der Waals surface area (Å²) in [5.74, 6) is 0. The first-order valence-electron chi connectivity index (χ1n) is 2.65. The lowest BCUT2D eigenvalue weighted by atomic mass is 10.4. The van der Waals surface area contributed by atoms with Gasteiger partial charge in [-0.2, -0.15) is 0 Å². The molecule has 1 unspecified atom stereocenters. The van der Waals surface area contributed by atoms with Gasteiger partial charge in [0.2, 0.25) is 0 Å². The summed E-state index contributed by atoms with van der Waals surface area (Å²) in [7, 11) is 0. The highest BCUT2D eigenvalue weighted by molar-refractivity contribution is 5.58. The van der Waals surface area contributed by atoms with Gasteiger partial charge in [0, 0.05) is 0 Å². The Morgan fingerprint density at radius 3 is 2.56 bits per heavy atom. The molecule has 0 fully saturated rings. The molecular formula is C7H10O2. The van der Waals surface area contributed by atoms with Gasteiger partial charge < -0.3 is 9.53 Å². The van der Waals surface area contributed by atoms with Gasteiger partial charge in [0.15, 0.2) is 6.29 Å². The third-order valence-corrected chi connectivity index (χ3v) is 0.773. The van der Waals surface area contributed by atoms with Gasteiger partial charge in [0.25, 0.3) is 0 Å². The molecule has 9 heavy (non-hydrogen) atoms. The summed E-state index contributed by atoms with van der Waals surface area (Å²) in [6, 6.07) is 0. The van der Waals surface area contributed by atoms with E-state index in [-0.39, 0.29) is 0 Å². The zero-order valence-electron chi connectivity index (χ0n) is 5.25. The molecule has 0 aliphatic rings. The molecule has 2 heteroatoms. The van der Waals surface area contributed by atoms with Gasteiger partial charge in [-0.05, 0) is 0 Å². The maximum atomic E-state index is 10.0. The molecule has 1 atom stereocenters. The highest BCUT2D eigenvalue weighted by Crippen LogP contribution is 1.87. The van der Waals surface area contributed by atoms with Crippen molar-refractivity contribution in [2.24, 2.45) is 0 Å². The molecule has 0 radical (unpaired) electrons. The minimum Gasteiger partial charge on any atom is -0.363 e. The Kier molecular flexibility index (Phi) is 4.73. The highest BCUT2D eigenvalue weighted by atomic mass is 16.5. The second-order valence-corrected chi connectivity index (χ2v) is 1.46. The first-order chi connectivity index (χ1) is 4.35. The predicted molar refractivity (Wildman–Crippen MR) is 36.2 cm³/mol. The molecule has 0 aromatic carbocycles. The highest BCUT2D eigenvalue weighted by Gasteiger charge is 1.96. The van der Waals surface area contributed by atoms with Crippen molar-refractivity contribution in [2.75, 3.05) is 6.61 Å². The van der Waals surface area contributed by atoms with Crippen molar-refractivity contribution in [3.05, 3.63) is 25.3 Å². The van der Waals surface area contributed by atoms with E-state index in [0.717, 1.165) is 0 Å².